The van der Waals surface area contributed by atoms with Crippen molar-refractivity contribution in [2.24, 2.45) is 0 Å². The van der Waals surface area contributed by atoms with Crippen LogP contribution in [0.15, 0.2) is 34.4 Å². The van der Waals surface area contributed by atoms with Gasteiger partial charge in [0.05, 0.1) is 12.7 Å². The van der Waals surface area contributed by atoms with E-state index in [1.807, 2.05) is 6.92 Å². The number of esters is 1. The molecule has 116 valence electrons. The van der Waals surface area contributed by atoms with E-state index >= 15 is 0 Å². The van der Waals surface area contributed by atoms with Gasteiger partial charge < -0.3 is 14.6 Å². The highest BCUT2D eigenvalue weighted by molar-refractivity contribution is 7.07. The monoisotopic (exact) mass is 320 g/mol. The Kier molecular flexibility index (Phi) is 5.11. The van der Waals surface area contributed by atoms with Gasteiger partial charge in [0.25, 0.3) is 0 Å². The highest BCUT2D eigenvalue weighted by Gasteiger charge is 2.09. The van der Waals surface area contributed by atoms with E-state index in [2.05, 4.69) is 10.1 Å². The maximum Gasteiger partial charge on any atom is 0.337 e. The number of nitrogens with zero attached hydrogens (tertiary/aromatic N) is 1. The molecule has 1 amide bonds. The van der Waals surface area contributed by atoms with E-state index in [1.54, 1.807) is 34.2 Å². The number of carbonyl (C=O) groups excluding carboxylic acids is 2. The quantitative estimate of drug-likeness (QED) is 0.855. The highest BCUT2D eigenvalue weighted by Crippen LogP contribution is 2.12. The van der Waals surface area contributed by atoms with Gasteiger partial charge >= 0.3 is 10.8 Å². The standard InChI is InChI=1S/C15H16N2O4S/c1-10-9-22-15(20)17(10)7-6-13(18)16-12-5-3-4-11(8-12)14(19)21-2/h3-5,8-9H,6-7H2,1-2H3,(H,16,18). The van der Waals surface area contributed by atoms with Gasteiger partial charge in [-0.15, -0.1) is 0 Å². The van der Waals surface area contributed by atoms with Crippen molar-refractivity contribution in [3.8, 4) is 0 Å². The number of anilines is 1. The summed E-state index contributed by atoms with van der Waals surface area (Å²) in [5.74, 6) is -0.684. The van der Waals surface area contributed by atoms with Crippen molar-refractivity contribution < 1.29 is 14.3 Å². The van der Waals surface area contributed by atoms with Crippen LogP contribution in [0.3, 0.4) is 0 Å². The number of benzene rings is 1. The number of methoxy groups -OCH3 is 1. The fourth-order valence-corrected chi connectivity index (χ4v) is 2.71. The summed E-state index contributed by atoms with van der Waals surface area (Å²) < 4.78 is 6.20. The third-order valence-corrected chi connectivity index (χ3v) is 3.99. The zero-order valence-corrected chi connectivity index (χ0v) is 13.1. The Bertz CT molecular complexity index is 748. The molecular formula is C15H16N2O4S. The van der Waals surface area contributed by atoms with Crippen molar-refractivity contribution in [1.29, 1.82) is 0 Å². The van der Waals surface area contributed by atoms with E-state index in [0.29, 0.717) is 17.8 Å². The number of rotatable bonds is 5. The fourth-order valence-electron chi connectivity index (χ4n) is 1.95. The molecule has 0 atom stereocenters. The minimum absolute atomic E-state index is 0.0713. The number of ether oxygens (including phenoxy) is 1. The molecule has 1 N–H and O–H groups in total. The van der Waals surface area contributed by atoms with Gasteiger partial charge in [0.2, 0.25) is 5.91 Å². The molecule has 0 saturated heterocycles. The number of nitrogens with one attached hydrogen (secondary N) is 1. The number of carbonyl (C=O) groups is 2. The molecule has 0 aliphatic carbocycles. The van der Waals surface area contributed by atoms with Crippen LogP contribution < -0.4 is 10.2 Å². The minimum atomic E-state index is -0.462. The predicted octanol–water partition coefficient (Wildman–Crippen LogP) is 2.03. The SMILES string of the molecule is COC(=O)c1cccc(NC(=O)CCn2c(C)csc2=O)c1. The van der Waals surface area contributed by atoms with Gasteiger partial charge in [-0.1, -0.05) is 17.4 Å². The van der Waals surface area contributed by atoms with Crippen LogP contribution in [-0.4, -0.2) is 23.6 Å². The smallest absolute Gasteiger partial charge is 0.337 e. The van der Waals surface area contributed by atoms with Crippen molar-refractivity contribution in [3.05, 3.63) is 50.6 Å². The first-order valence-corrected chi connectivity index (χ1v) is 7.52. The van der Waals surface area contributed by atoms with Crippen LogP contribution in [0.1, 0.15) is 22.5 Å². The molecule has 0 aliphatic rings. The van der Waals surface area contributed by atoms with Crippen molar-refractivity contribution in [2.45, 2.75) is 19.9 Å². The van der Waals surface area contributed by atoms with E-state index in [0.717, 1.165) is 17.0 Å². The van der Waals surface area contributed by atoms with Crippen LogP contribution in [-0.2, 0) is 16.1 Å². The van der Waals surface area contributed by atoms with Gasteiger partial charge in [-0.3, -0.25) is 9.59 Å². The minimum Gasteiger partial charge on any atom is -0.465 e. The fraction of sp³-hybridized carbons (Fsp3) is 0.267. The molecular weight excluding hydrogens is 304 g/mol. The topological polar surface area (TPSA) is 77.4 Å². The first kappa shape index (κ1) is 16.0. The Hall–Kier alpha value is -2.41. The Balaban J connectivity index is 1.98. The molecule has 1 aromatic carbocycles. The van der Waals surface area contributed by atoms with Gasteiger partial charge in [-0.05, 0) is 25.1 Å². The van der Waals surface area contributed by atoms with Crippen molar-refractivity contribution in [3.63, 3.8) is 0 Å². The normalized spacial score (nSPS) is 10.3. The van der Waals surface area contributed by atoms with Gasteiger partial charge in [-0.2, -0.15) is 0 Å². The van der Waals surface area contributed by atoms with Crippen molar-refractivity contribution in [1.82, 2.24) is 4.57 Å². The molecule has 0 aliphatic heterocycles. The molecule has 1 heterocycles. The van der Waals surface area contributed by atoms with Gasteiger partial charge in [0, 0.05) is 29.7 Å². The number of amides is 1. The molecule has 0 fully saturated rings. The Morgan fingerprint density at radius 1 is 1.36 bits per heavy atom. The predicted molar refractivity (Wildman–Crippen MR) is 84.3 cm³/mol. The molecule has 6 nitrogen and oxygen atoms in total. The van der Waals surface area contributed by atoms with Crippen LogP contribution in [0, 0.1) is 6.92 Å². The molecule has 0 spiro atoms. The molecule has 7 heteroatoms. The second kappa shape index (κ2) is 7.04. The molecule has 2 rings (SSSR count). The molecule has 0 saturated carbocycles. The molecule has 0 radical (unpaired) electrons. The summed E-state index contributed by atoms with van der Waals surface area (Å²) >= 11 is 1.12. The Labute approximate surface area is 131 Å². The van der Waals surface area contributed by atoms with Crippen LogP contribution in [0.2, 0.25) is 0 Å². The maximum absolute atomic E-state index is 11.9. The summed E-state index contributed by atoms with van der Waals surface area (Å²) in [4.78, 5) is 34.9. The average molecular weight is 320 g/mol. The van der Waals surface area contributed by atoms with Crippen LogP contribution in [0.25, 0.3) is 0 Å². The number of aryl methyl sites for hydroxylation is 1. The average Bonchev–Trinajstić information content (AvgIpc) is 2.83. The van der Waals surface area contributed by atoms with Gasteiger partial charge in [-0.25, -0.2) is 4.79 Å². The van der Waals surface area contributed by atoms with E-state index < -0.39 is 5.97 Å². The maximum atomic E-state index is 11.9. The summed E-state index contributed by atoms with van der Waals surface area (Å²) in [5, 5.41) is 4.47. The number of hydrogen-bond donors (Lipinski definition) is 1. The first-order chi connectivity index (χ1) is 10.5. The summed E-state index contributed by atoms with van der Waals surface area (Å²) in [6, 6.07) is 6.50. The van der Waals surface area contributed by atoms with Crippen molar-refractivity contribution in [2.75, 3.05) is 12.4 Å². The number of hydrogen-bond acceptors (Lipinski definition) is 5. The van der Waals surface area contributed by atoms with Crippen LogP contribution >= 0.6 is 11.3 Å². The van der Waals surface area contributed by atoms with Gasteiger partial charge in [0.1, 0.15) is 0 Å². The molecule has 0 bridgehead atoms. The van der Waals surface area contributed by atoms with Crippen molar-refractivity contribution >= 4 is 28.9 Å². The second-order valence-electron chi connectivity index (χ2n) is 4.67. The second-order valence-corrected chi connectivity index (χ2v) is 5.49. The van der Waals surface area contributed by atoms with E-state index in [4.69, 9.17) is 0 Å². The highest BCUT2D eigenvalue weighted by atomic mass is 32.1. The summed E-state index contributed by atoms with van der Waals surface area (Å²) in [5.41, 5.74) is 1.72. The third-order valence-electron chi connectivity index (χ3n) is 3.11. The number of aromatic nitrogens is 1. The lowest BCUT2D eigenvalue weighted by molar-refractivity contribution is -0.116. The Morgan fingerprint density at radius 2 is 2.14 bits per heavy atom. The largest absolute Gasteiger partial charge is 0.465 e. The lowest BCUT2D eigenvalue weighted by Crippen LogP contribution is -2.20. The lowest BCUT2D eigenvalue weighted by Gasteiger charge is -2.08. The van der Waals surface area contributed by atoms with E-state index in [1.165, 1.54) is 7.11 Å². The van der Waals surface area contributed by atoms with Crippen LogP contribution in [0.4, 0.5) is 5.69 Å². The lowest BCUT2D eigenvalue weighted by atomic mass is 10.2. The van der Waals surface area contributed by atoms with E-state index in [-0.39, 0.29) is 17.2 Å². The third kappa shape index (κ3) is 3.82. The summed E-state index contributed by atoms with van der Waals surface area (Å²) in [7, 11) is 1.30. The van der Waals surface area contributed by atoms with Crippen LogP contribution in [0.5, 0.6) is 0 Å². The molecule has 2 aromatic rings. The summed E-state index contributed by atoms with van der Waals surface area (Å²) in [6.45, 7) is 2.16. The first-order valence-electron chi connectivity index (χ1n) is 6.64. The molecule has 22 heavy (non-hydrogen) atoms. The van der Waals surface area contributed by atoms with E-state index in [9.17, 15) is 14.4 Å². The Morgan fingerprint density at radius 3 is 2.77 bits per heavy atom. The number of thiazole rings is 1. The zero-order valence-electron chi connectivity index (χ0n) is 12.3. The van der Waals surface area contributed by atoms with Gasteiger partial charge in [0.15, 0.2) is 0 Å². The molecule has 0 unspecified atom stereocenters. The summed E-state index contributed by atoms with van der Waals surface area (Å²) in [6.07, 6.45) is 0.180. The molecule has 1 aromatic heterocycles. The zero-order chi connectivity index (χ0) is 16.1.